The number of Topliss-reactive ketones (excluding diaryl/α,β-unsaturated/α-hetero) is 1. The van der Waals surface area contributed by atoms with Crippen LogP contribution in [-0.2, 0) is 11.3 Å². The summed E-state index contributed by atoms with van der Waals surface area (Å²) in [5, 5.41) is 0. The average molecular weight is 424 g/mol. The van der Waals surface area contributed by atoms with Crippen LogP contribution in [0.2, 0.25) is 0 Å². The molecule has 1 amide bonds. The number of hydrogen-bond acceptors (Lipinski definition) is 3. The summed E-state index contributed by atoms with van der Waals surface area (Å²) in [4.78, 5) is 32.7. The van der Waals surface area contributed by atoms with Gasteiger partial charge in [0.2, 0.25) is 5.91 Å². The summed E-state index contributed by atoms with van der Waals surface area (Å²) in [6.07, 6.45) is 0.385. The first-order valence-electron chi connectivity index (χ1n) is 10.9. The van der Waals surface area contributed by atoms with Crippen molar-refractivity contribution in [1.82, 2.24) is 9.55 Å². The van der Waals surface area contributed by atoms with E-state index in [1.54, 1.807) is 0 Å². The number of rotatable bonds is 5. The topological polar surface area (TPSA) is 55.2 Å². The number of fused-ring (bicyclic) bond motifs is 1. The molecule has 5 rings (SSSR count). The Balaban J connectivity index is 1.51. The van der Waals surface area contributed by atoms with Gasteiger partial charge in [0.1, 0.15) is 5.82 Å². The normalized spacial score (nSPS) is 16.1. The number of nitrogens with zero attached hydrogens (tertiary/aromatic N) is 3. The van der Waals surface area contributed by atoms with Crippen LogP contribution < -0.4 is 4.90 Å². The van der Waals surface area contributed by atoms with Crippen LogP contribution >= 0.6 is 0 Å². The van der Waals surface area contributed by atoms with Gasteiger partial charge in [0.25, 0.3) is 0 Å². The van der Waals surface area contributed by atoms with Crippen LogP contribution in [0.5, 0.6) is 0 Å². The fourth-order valence-electron chi connectivity index (χ4n) is 4.65. The van der Waals surface area contributed by atoms with Gasteiger partial charge in [0.05, 0.1) is 17.6 Å². The maximum Gasteiger partial charge on any atom is 0.227 e. The highest BCUT2D eigenvalue weighted by atomic mass is 16.2. The predicted octanol–water partition coefficient (Wildman–Crippen LogP) is 5.06. The summed E-state index contributed by atoms with van der Waals surface area (Å²) >= 11 is 0. The Labute approximate surface area is 187 Å². The number of aromatic nitrogens is 2. The first-order chi connectivity index (χ1) is 15.5. The number of benzene rings is 3. The van der Waals surface area contributed by atoms with Crippen molar-refractivity contribution < 1.29 is 9.59 Å². The molecule has 5 nitrogen and oxygen atoms in total. The minimum Gasteiger partial charge on any atom is -0.320 e. The van der Waals surface area contributed by atoms with Gasteiger partial charge in [0, 0.05) is 30.1 Å². The summed E-state index contributed by atoms with van der Waals surface area (Å²) < 4.78 is 1.99. The Bertz CT molecular complexity index is 1320. The molecule has 4 aromatic rings. The van der Waals surface area contributed by atoms with Gasteiger partial charge >= 0.3 is 0 Å². The van der Waals surface area contributed by atoms with E-state index in [-0.39, 0.29) is 24.2 Å². The van der Waals surface area contributed by atoms with E-state index in [0.717, 1.165) is 28.1 Å². The first kappa shape index (κ1) is 20.2. The summed E-state index contributed by atoms with van der Waals surface area (Å²) in [7, 11) is 0. The van der Waals surface area contributed by atoms with E-state index in [4.69, 9.17) is 4.98 Å². The van der Waals surface area contributed by atoms with E-state index in [1.165, 1.54) is 5.56 Å². The highest BCUT2D eigenvalue weighted by molar-refractivity contribution is 5.98. The maximum absolute atomic E-state index is 13.0. The quantitative estimate of drug-likeness (QED) is 0.422. The molecule has 0 aliphatic carbocycles. The molecule has 3 aromatic carbocycles. The van der Waals surface area contributed by atoms with Gasteiger partial charge in [-0.15, -0.1) is 0 Å². The molecular formula is C27H25N3O2. The van der Waals surface area contributed by atoms with Crippen molar-refractivity contribution in [2.24, 2.45) is 0 Å². The van der Waals surface area contributed by atoms with Crippen LogP contribution in [0.3, 0.4) is 0 Å². The predicted molar refractivity (Wildman–Crippen MR) is 126 cm³/mol. The molecule has 1 aliphatic heterocycles. The highest BCUT2D eigenvalue weighted by Gasteiger charge is 2.35. The molecule has 1 fully saturated rings. The molecule has 1 saturated heterocycles. The van der Waals surface area contributed by atoms with Crippen molar-refractivity contribution in [2.75, 3.05) is 11.4 Å². The molecule has 0 saturated carbocycles. The Morgan fingerprint density at radius 2 is 1.75 bits per heavy atom. The lowest BCUT2D eigenvalue weighted by Crippen LogP contribution is -2.25. The summed E-state index contributed by atoms with van der Waals surface area (Å²) in [6, 6.07) is 23.3. The minimum atomic E-state index is -0.0702. The van der Waals surface area contributed by atoms with E-state index in [1.807, 2.05) is 83.1 Å². The highest BCUT2D eigenvalue weighted by Crippen LogP contribution is 2.34. The zero-order valence-electron chi connectivity index (χ0n) is 18.3. The molecule has 0 spiro atoms. The molecule has 1 atom stereocenters. The number of amides is 1. The molecular weight excluding hydrogens is 398 g/mol. The number of carbonyl (C=O) groups is 2. The Morgan fingerprint density at radius 3 is 2.53 bits per heavy atom. The van der Waals surface area contributed by atoms with Gasteiger partial charge in [-0.05, 0) is 37.6 Å². The Hall–Kier alpha value is -3.73. The summed E-state index contributed by atoms with van der Waals surface area (Å²) in [5.74, 6) is 0.857. The monoisotopic (exact) mass is 423 g/mol. The van der Waals surface area contributed by atoms with Crippen molar-refractivity contribution in [1.29, 1.82) is 0 Å². The number of ketones is 1. The molecule has 1 aliphatic rings. The van der Waals surface area contributed by atoms with Gasteiger partial charge in [0.15, 0.2) is 5.78 Å². The van der Waals surface area contributed by atoms with Gasteiger partial charge < -0.3 is 9.47 Å². The SMILES string of the molecule is Cc1ccc(N2CC(c3nc4ccccc4n3CC(=O)c3ccccc3)CC2=O)c(C)c1. The van der Waals surface area contributed by atoms with Crippen LogP contribution in [0.25, 0.3) is 11.0 Å². The van der Waals surface area contributed by atoms with Crippen LogP contribution in [0.4, 0.5) is 5.69 Å². The largest absolute Gasteiger partial charge is 0.320 e. The van der Waals surface area contributed by atoms with Crippen molar-refractivity contribution in [3.8, 4) is 0 Å². The van der Waals surface area contributed by atoms with E-state index in [0.29, 0.717) is 18.5 Å². The maximum atomic E-state index is 13.0. The summed E-state index contributed by atoms with van der Waals surface area (Å²) in [5.41, 5.74) is 5.66. The first-order valence-corrected chi connectivity index (χ1v) is 10.9. The van der Waals surface area contributed by atoms with Crippen molar-refractivity contribution in [3.63, 3.8) is 0 Å². The fraction of sp³-hybridized carbons (Fsp3) is 0.222. The lowest BCUT2D eigenvalue weighted by atomic mass is 10.1. The number of hydrogen-bond donors (Lipinski definition) is 0. The third-order valence-corrected chi connectivity index (χ3v) is 6.21. The molecule has 2 heterocycles. The molecule has 0 N–H and O–H groups in total. The van der Waals surface area contributed by atoms with Crippen molar-refractivity contribution in [2.45, 2.75) is 32.7 Å². The lowest BCUT2D eigenvalue weighted by molar-refractivity contribution is -0.117. The standard InChI is InChI=1S/C27H25N3O2/c1-18-12-13-23(19(2)14-18)29-16-21(15-26(29)32)27-28-22-10-6-7-11-24(22)30(27)17-25(31)20-8-4-3-5-9-20/h3-14,21H,15-17H2,1-2H3. The fourth-order valence-corrected chi connectivity index (χ4v) is 4.65. The smallest absolute Gasteiger partial charge is 0.227 e. The second-order valence-corrected chi connectivity index (χ2v) is 8.53. The molecule has 1 aromatic heterocycles. The number of anilines is 1. The van der Waals surface area contributed by atoms with E-state index in [2.05, 4.69) is 13.0 Å². The minimum absolute atomic E-state index is 0.0329. The third kappa shape index (κ3) is 3.60. The van der Waals surface area contributed by atoms with E-state index in [9.17, 15) is 9.59 Å². The molecule has 5 heteroatoms. The van der Waals surface area contributed by atoms with Crippen LogP contribution in [0, 0.1) is 13.8 Å². The summed E-state index contributed by atoms with van der Waals surface area (Å²) in [6.45, 7) is 4.86. The molecule has 0 bridgehead atoms. The molecule has 160 valence electrons. The molecule has 0 radical (unpaired) electrons. The Morgan fingerprint density at radius 1 is 1.00 bits per heavy atom. The lowest BCUT2D eigenvalue weighted by Gasteiger charge is -2.20. The molecule has 1 unspecified atom stereocenters. The third-order valence-electron chi connectivity index (χ3n) is 6.21. The van der Waals surface area contributed by atoms with Crippen LogP contribution in [0.15, 0.2) is 72.8 Å². The second kappa shape index (κ2) is 8.08. The molecule has 32 heavy (non-hydrogen) atoms. The van der Waals surface area contributed by atoms with Crippen LogP contribution in [0.1, 0.15) is 39.6 Å². The number of imidazole rings is 1. The Kier molecular flexibility index (Phi) is 5.10. The van der Waals surface area contributed by atoms with E-state index < -0.39 is 0 Å². The second-order valence-electron chi connectivity index (χ2n) is 8.53. The number of aryl methyl sites for hydroxylation is 2. The van der Waals surface area contributed by atoms with Gasteiger partial charge in [-0.1, -0.05) is 60.2 Å². The zero-order chi connectivity index (χ0) is 22.2. The van der Waals surface area contributed by atoms with Crippen molar-refractivity contribution in [3.05, 3.63) is 95.3 Å². The van der Waals surface area contributed by atoms with Crippen molar-refractivity contribution >= 4 is 28.4 Å². The van der Waals surface area contributed by atoms with Crippen LogP contribution in [-0.4, -0.2) is 27.8 Å². The number of carbonyl (C=O) groups excluding carboxylic acids is 2. The van der Waals surface area contributed by atoms with Gasteiger partial charge in [-0.2, -0.15) is 0 Å². The van der Waals surface area contributed by atoms with Gasteiger partial charge in [-0.25, -0.2) is 4.98 Å². The van der Waals surface area contributed by atoms with E-state index >= 15 is 0 Å². The average Bonchev–Trinajstić information content (AvgIpc) is 3.35. The zero-order valence-corrected chi connectivity index (χ0v) is 18.3. The van der Waals surface area contributed by atoms with Gasteiger partial charge in [-0.3, -0.25) is 9.59 Å². The number of para-hydroxylation sites is 2.